The third-order valence-corrected chi connectivity index (χ3v) is 7.64. The van der Waals surface area contributed by atoms with E-state index in [1.165, 1.54) is 26.2 Å². The number of alkyl halides is 3. The monoisotopic (exact) mass is 447 g/mol. The minimum Gasteiger partial charge on any atom is -0.371 e. The van der Waals surface area contributed by atoms with Crippen LogP contribution in [-0.2, 0) is 10.0 Å². The van der Waals surface area contributed by atoms with Crippen molar-refractivity contribution in [3.05, 3.63) is 23.8 Å². The van der Waals surface area contributed by atoms with Gasteiger partial charge in [-0.1, -0.05) is 0 Å². The molecule has 0 unspecified atom stereocenters. The van der Waals surface area contributed by atoms with Crippen LogP contribution in [0.4, 0.5) is 18.9 Å². The van der Waals surface area contributed by atoms with Gasteiger partial charge in [-0.25, -0.2) is 12.7 Å². The number of carbonyl (C=O) groups is 1. The molecule has 1 aromatic carbocycles. The lowest BCUT2D eigenvalue weighted by molar-refractivity contribution is -0.144. The molecule has 0 radical (unpaired) electrons. The lowest BCUT2D eigenvalue weighted by atomic mass is 10.1. The van der Waals surface area contributed by atoms with Crippen molar-refractivity contribution in [2.24, 2.45) is 5.92 Å². The Morgan fingerprint density at radius 2 is 1.80 bits per heavy atom. The molecule has 0 spiro atoms. The van der Waals surface area contributed by atoms with E-state index in [1.807, 2.05) is 4.90 Å². The van der Waals surface area contributed by atoms with Crippen molar-refractivity contribution >= 4 is 21.6 Å². The molecule has 6 nitrogen and oxygen atoms in total. The Kier molecular flexibility index (Phi) is 6.38. The van der Waals surface area contributed by atoms with E-state index < -0.39 is 34.7 Å². The largest absolute Gasteiger partial charge is 0.406 e. The highest BCUT2D eigenvalue weighted by Gasteiger charge is 2.41. The first kappa shape index (κ1) is 22.9. The van der Waals surface area contributed by atoms with Gasteiger partial charge in [0, 0.05) is 38.9 Å². The molecular weight excluding hydrogens is 419 g/mol. The standard InChI is InChI=1S/C20H28F3N3O3S/c1-14(15-6-7-15)26(13-20(21,22)23)19(27)17-12-16(30(28,29)24(2)3)8-9-18(17)25-10-4-5-11-25/h8-9,12,14-15H,4-7,10-11,13H2,1-3H3/t14-/m0/s1. The van der Waals surface area contributed by atoms with Gasteiger partial charge in [0.15, 0.2) is 0 Å². The van der Waals surface area contributed by atoms with Crippen molar-refractivity contribution in [3.8, 4) is 0 Å². The van der Waals surface area contributed by atoms with Gasteiger partial charge >= 0.3 is 6.18 Å². The van der Waals surface area contributed by atoms with Gasteiger partial charge in [0.25, 0.3) is 5.91 Å². The average Bonchev–Trinajstić information content (AvgIpc) is 3.38. The summed E-state index contributed by atoms with van der Waals surface area (Å²) in [5, 5.41) is 0. The minimum atomic E-state index is -4.54. The summed E-state index contributed by atoms with van der Waals surface area (Å²) in [5.41, 5.74) is 0.502. The molecule has 1 aliphatic heterocycles. The molecule has 1 heterocycles. The van der Waals surface area contributed by atoms with Crippen LogP contribution < -0.4 is 4.90 Å². The number of hydrogen-bond acceptors (Lipinski definition) is 4. The van der Waals surface area contributed by atoms with Crippen LogP contribution in [0.15, 0.2) is 23.1 Å². The van der Waals surface area contributed by atoms with E-state index in [2.05, 4.69) is 0 Å². The average molecular weight is 448 g/mol. The van der Waals surface area contributed by atoms with Crippen LogP contribution in [0.3, 0.4) is 0 Å². The number of anilines is 1. The second-order valence-corrected chi connectivity index (χ2v) is 10.4. The predicted octanol–water partition coefficient (Wildman–Crippen LogP) is 3.34. The predicted molar refractivity (Wildman–Crippen MR) is 108 cm³/mol. The molecule has 1 atom stereocenters. The molecule has 1 aromatic rings. The molecule has 1 aliphatic carbocycles. The summed E-state index contributed by atoms with van der Waals surface area (Å²) in [7, 11) is -1.09. The SMILES string of the molecule is C[C@@H](C1CC1)N(CC(F)(F)F)C(=O)c1cc(S(=O)(=O)N(C)C)ccc1N1CCCC1. The van der Waals surface area contributed by atoms with E-state index in [4.69, 9.17) is 0 Å². The van der Waals surface area contributed by atoms with Crippen LogP contribution in [0.25, 0.3) is 0 Å². The number of carbonyl (C=O) groups excluding carboxylic acids is 1. The van der Waals surface area contributed by atoms with Crippen LogP contribution in [0, 0.1) is 5.92 Å². The van der Waals surface area contributed by atoms with Crippen molar-refractivity contribution in [1.29, 1.82) is 0 Å². The highest BCUT2D eigenvalue weighted by molar-refractivity contribution is 7.89. The number of halogens is 3. The lowest BCUT2D eigenvalue weighted by Crippen LogP contribution is -2.46. The number of rotatable bonds is 7. The Balaban J connectivity index is 2.07. The van der Waals surface area contributed by atoms with Crippen molar-refractivity contribution in [1.82, 2.24) is 9.21 Å². The van der Waals surface area contributed by atoms with Crippen molar-refractivity contribution < 1.29 is 26.4 Å². The molecule has 10 heteroatoms. The summed E-state index contributed by atoms with van der Waals surface area (Å²) in [6.45, 7) is 1.64. The molecule has 1 saturated carbocycles. The molecule has 1 amide bonds. The first-order chi connectivity index (χ1) is 13.9. The zero-order valence-corrected chi connectivity index (χ0v) is 18.3. The van der Waals surface area contributed by atoms with Crippen LogP contribution in [0.2, 0.25) is 0 Å². The van der Waals surface area contributed by atoms with Gasteiger partial charge in [-0.3, -0.25) is 4.79 Å². The van der Waals surface area contributed by atoms with Gasteiger partial charge in [-0.2, -0.15) is 13.2 Å². The molecule has 30 heavy (non-hydrogen) atoms. The van der Waals surface area contributed by atoms with Crippen molar-refractivity contribution in [3.63, 3.8) is 0 Å². The van der Waals surface area contributed by atoms with E-state index in [-0.39, 0.29) is 16.4 Å². The smallest absolute Gasteiger partial charge is 0.371 e. The summed E-state index contributed by atoms with van der Waals surface area (Å²) in [4.78, 5) is 16.1. The second kappa shape index (κ2) is 8.37. The summed E-state index contributed by atoms with van der Waals surface area (Å²) < 4.78 is 66.1. The van der Waals surface area contributed by atoms with E-state index in [0.29, 0.717) is 18.8 Å². The Bertz CT molecular complexity index is 892. The van der Waals surface area contributed by atoms with Crippen LogP contribution in [0.5, 0.6) is 0 Å². The Morgan fingerprint density at radius 3 is 2.30 bits per heavy atom. The molecule has 2 fully saturated rings. The van der Waals surface area contributed by atoms with E-state index in [0.717, 1.165) is 34.9 Å². The highest BCUT2D eigenvalue weighted by Crippen LogP contribution is 2.38. The molecule has 2 aliphatic rings. The number of amides is 1. The maximum absolute atomic E-state index is 13.4. The van der Waals surface area contributed by atoms with Crippen LogP contribution in [0.1, 0.15) is 43.0 Å². The zero-order valence-electron chi connectivity index (χ0n) is 17.4. The topological polar surface area (TPSA) is 60.9 Å². The summed E-state index contributed by atoms with van der Waals surface area (Å²) in [5.74, 6) is -0.732. The normalized spacial score (nSPS) is 18.7. The van der Waals surface area contributed by atoms with E-state index in [9.17, 15) is 26.4 Å². The van der Waals surface area contributed by atoms with Gasteiger partial charge < -0.3 is 9.80 Å². The number of benzene rings is 1. The summed E-state index contributed by atoms with van der Waals surface area (Å²) in [6, 6.07) is 3.62. The Hall–Kier alpha value is -1.81. The maximum atomic E-state index is 13.4. The fraction of sp³-hybridized carbons (Fsp3) is 0.650. The molecular formula is C20H28F3N3O3S. The molecule has 3 rings (SSSR count). The molecule has 0 aromatic heterocycles. The Labute approximate surface area is 175 Å². The summed E-state index contributed by atoms with van der Waals surface area (Å²) >= 11 is 0. The lowest BCUT2D eigenvalue weighted by Gasteiger charge is -2.32. The first-order valence-electron chi connectivity index (χ1n) is 10.1. The van der Waals surface area contributed by atoms with E-state index in [1.54, 1.807) is 13.0 Å². The summed E-state index contributed by atoms with van der Waals surface area (Å²) in [6.07, 6.45) is -1.14. The first-order valence-corrected chi connectivity index (χ1v) is 11.5. The van der Waals surface area contributed by atoms with Gasteiger partial charge in [0.1, 0.15) is 6.54 Å². The van der Waals surface area contributed by atoms with Gasteiger partial charge in [-0.05, 0) is 56.7 Å². The number of hydrogen-bond donors (Lipinski definition) is 0. The molecule has 0 bridgehead atoms. The second-order valence-electron chi connectivity index (χ2n) is 8.29. The van der Waals surface area contributed by atoms with Gasteiger partial charge in [-0.15, -0.1) is 0 Å². The fourth-order valence-corrected chi connectivity index (χ4v) is 4.80. The molecule has 168 valence electrons. The number of sulfonamides is 1. The third-order valence-electron chi connectivity index (χ3n) is 5.83. The van der Waals surface area contributed by atoms with Gasteiger partial charge in [0.2, 0.25) is 10.0 Å². The van der Waals surface area contributed by atoms with Crippen LogP contribution in [-0.4, -0.2) is 69.5 Å². The third kappa shape index (κ3) is 4.91. The van der Waals surface area contributed by atoms with Crippen LogP contribution >= 0.6 is 0 Å². The van der Waals surface area contributed by atoms with Gasteiger partial charge in [0.05, 0.1) is 10.5 Å². The quantitative estimate of drug-likeness (QED) is 0.643. The Morgan fingerprint density at radius 1 is 1.20 bits per heavy atom. The van der Waals surface area contributed by atoms with E-state index >= 15 is 0 Å². The fourth-order valence-electron chi connectivity index (χ4n) is 3.87. The molecule has 1 saturated heterocycles. The highest BCUT2D eigenvalue weighted by atomic mass is 32.2. The molecule has 0 N–H and O–H groups in total. The minimum absolute atomic E-state index is 0.0107. The van der Waals surface area contributed by atoms with Crippen molar-refractivity contribution in [2.45, 2.75) is 49.7 Å². The maximum Gasteiger partial charge on any atom is 0.406 e. The number of nitrogens with zero attached hydrogens (tertiary/aromatic N) is 3. The zero-order chi connectivity index (χ0) is 22.3. The van der Waals surface area contributed by atoms with Crippen molar-refractivity contribution in [2.75, 3.05) is 38.6 Å².